The Morgan fingerprint density at radius 1 is 1.18 bits per heavy atom. The molecule has 3 fully saturated rings. The van der Waals surface area contributed by atoms with Gasteiger partial charge in [0.15, 0.2) is 12.1 Å². The molecule has 4 heterocycles. The summed E-state index contributed by atoms with van der Waals surface area (Å²) in [5, 5.41) is 16.3. The molecule has 2 aromatic heterocycles. The molecule has 3 N–H and O–H groups in total. The summed E-state index contributed by atoms with van der Waals surface area (Å²) in [6, 6.07) is 10.8. The van der Waals surface area contributed by atoms with Crippen LogP contribution in [0.4, 0.5) is 0 Å². The number of hydrogen-bond donors (Lipinski definition) is 2. The largest absolute Gasteiger partial charge is 0.388 e. The molecule has 1 aliphatic carbocycles. The van der Waals surface area contributed by atoms with Gasteiger partial charge in [0.25, 0.3) is 0 Å². The van der Waals surface area contributed by atoms with Gasteiger partial charge < -0.3 is 25.1 Å². The number of rotatable bonds is 4. The Morgan fingerprint density at radius 2 is 1.97 bits per heavy atom. The first kappa shape index (κ1) is 22.1. The topological polar surface area (TPSA) is 118 Å². The molecule has 6 atom stereocenters. The van der Waals surface area contributed by atoms with Gasteiger partial charge in [0.05, 0.1) is 29.1 Å². The number of aliphatic hydroxyl groups is 1. The van der Waals surface area contributed by atoms with Gasteiger partial charge in [-0.15, -0.1) is 0 Å². The van der Waals surface area contributed by atoms with Crippen molar-refractivity contribution >= 4 is 11.6 Å². The van der Waals surface area contributed by atoms with Gasteiger partial charge in [0.2, 0.25) is 0 Å². The highest BCUT2D eigenvalue weighted by molar-refractivity contribution is 6.30. The average Bonchev–Trinajstić information content (AvgIpc) is 3.62. The monoisotopic (exact) mass is 483 g/mol. The molecule has 34 heavy (non-hydrogen) atoms. The Hall–Kier alpha value is -2.40. The molecule has 0 bridgehead atoms. The summed E-state index contributed by atoms with van der Waals surface area (Å²) in [5.74, 6) is 1.36. The van der Waals surface area contributed by atoms with Gasteiger partial charge in [-0.05, 0) is 25.8 Å². The number of halogens is 1. The Kier molecular flexibility index (Phi) is 5.63. The van der Waals surface area contributed by atoms with Gasteiger partial charge >= 0.3 is 0 Å². The molecule has 178 valence electrons. The molecule has 2 saturated heterocycles. The van der Waals surface area contributed by atoms with Crippen LogP contribution in [0.2, 0.25) is 5.02 Å². The number of aliphatic hydroxyl groups excluding tert-OH is 1. The van der Waals surface area contributed by atoms with E-state index in [1.165, 1.54) is 0 Å². The van der Waals surface area contributed by atoms with Gasteiger partial charge in [0, 0.05) is 17.7 Å². The molecule has 3 aromatic rings. The third-order valence-electron chi connectivity index (χ3n) is 6.58. The van der Waals surface area contributed by atoms with Crippen LogP contribution < -0.4 is 5.73 Å². The van der Waals surface area contributed by atoms with Crippen molar-refractivity contribution in [3.8, 4) is 5.69 Å². The van der Waals surface area contributed by atoms with Crippen molar-refractivity contribution in [2.24, 2.45) is 5.73 Å². The molecule has 3 aliphatic rings. The van der Waals surface area contributed by atoms with Gasteiger partial charge in [-0.1, -0.05) is 41.9 Å². The van der Waals surface area contributed by atoms with Crippen LogP contribution in [0.25, 0.3) is 5.69 Å². The molecule has 10 heteroatoms. The number of aromatic nitrogens is 4. The van der Waals surface area contributed by atoms with E-state index < -0.39 is 36.7 Å². The third-order valence-corrected chi connectivity index (χ3v) is 6.79. The van der Waals surface area contributed by atoms with E-state index in [9.17, 15) is 5.11 Å². The average molecular weight is 484 g/mol. The molecular formula is C24H26ClN5O4. The first-order chi connectivity index (χ1) is 16.5. The lowest BCUT2D eigenvalue weighted by atomic mass is 9.92. The lowest BCUT2D eigenvalue weighted by molar-refractivity contribution is -0.309. The summed E-state index contributed by atoms with van der Waals surface area (Å²) < 4.78 is 20.1. The van der Waals surface area contributed by atoms with E-state index in [0.29, 0.717) is 22.6 Å². The van der Waals surface area contributed by atoms with Crippen molar-refractivity contribution in [3.05, 3.63) is 70.5 Å². The second-order valence-corrected chi connectivity index (χ2v) is 9.54. The minimum atomic E-state index is -1.06. The molecule has 1 unspecified atom stereocenters. The maximum Gasteiger partial charge on any atom is 0.184 e. The van der Waals surface area contributed by atoms with Crippen molar-refractivity contribution in [1.29, 1.82) is 0 Å². The van der Waals surface area contributed by atoms with Gasteiger partial charge in [-0.3, -0.25) is 4.98 Å². The first-order valence-corrected chi connectivity index (χ1v) is 11.9. The van der Waals surface area contributed by atoms with Crippen LogP contribution in [0, 0.1) is 6.92 Å². The maximum atomic E-state index is 11.2. The summed E-state index contributed by atoms with van der Waals surface area (Å²) in [7, 11) is 0. The molecule has 0 radical (unpaired) electrons. The second kappa shape index (κ2) is 8.67. The highest BCUT2D eigenvalue weighted by Crippen LogP contribution is 2.43. The van der Waals surface area contributed by atoms with Crippen LogP contribution in [0.15, 0.2) is 42.6 Å². The predicted molar refractivity (Wildman–Crippen MR) is 122 cm³/mol. The molecule has 1 saturated carbocycles. The van der Waals surface area contributed by atoms with Crippen LogP contribution >= 0.6 is 11.6 Å². The fraction of sp³-hybridized carbons (Fsp3) is 0.458. The zero-order chi connectivity index (χ0) is 23.4. The summed E-state index contributed by atoms with van der Waals surface area (Å²) in [5.41, 5.74) is 9.06. The number of ether oxygens (including phenoxy) is 3. The Morgan fingerprint density at radius 3 is 2.74 bits per heavy atom. The van der Waals surface area contributed by atoms with Gasteiger partial charge in [-0.2, -0.15) is 5.10 Å². The number of aryl methyl sites for hydroxylation is 1. The van der Waals surface area contributed by atoms with Crippen molar-refractivity contribution in [1.82, 2.24) is 19.7 Å². The van der Waals surface area contributed by atoms with E-state index in [1.54, 1.807) is 17.8 Å². The highest BCUT2D eigenvalue weighted by Gasteiger charge is 2.50. The SMILES string of the molecule is Cc1nc([C@@H]2O[C@@H]3COC(c4ccccc4)O[C@@H]3[C@H](N)[C@H]2O)n(-c2cc(Cl)cnc2C2CC2)n1. The number of benzene rings is 1. The smallest absolute Gasteiger partial charge is 0.184 e. The number of hydrogen-bond acceptors (Lipinski definition) is 8. The number of pyridine rings is 1. The second-order valence-electron chi connectivity index (χ2n) is 9.10. The van der Waals surface area contributed by atoms with Crippen LogP contribution in [-0.4, -0.2) is 55.8 Å². The van der Waals surface area contributed by atoms with Gasteiger partial charge in [-0.25, -0.2) is 9.67 Å². The lowest BCUT2D eigenvalue weighted by Crippen LogP contribution is -2.62. The number of fused-ring (bicyclic) bond motifs is 1. The fourth-order valence-electron chi connectivity index (χ4n) is 4.74. The Bertz CT molecular complexity index is 1190. The van der Waals surface area contributed by atoms with Crippen LogP contribution in [0.1, 0.15) is 54.1 Å². The molecule has 0 amide bonds. The van der Waals surface area contributed by atoms with E-state index in [1.807, 2.05) is 36.4 Å². The number of nitrogens with two attached hydrogens (primary N) is 1. The van der Waals surface area contributed by atoms with Crippen molar-refractivity contribution in [3.63, 3.8) is 0 Å². The summed E-state index contributed by atoms with van der Waals surface area (Å²) in [6.45, 7) is 2.07. The molecule has 6 rings (SSSR count). The van der Waals surface area contributed by atoms with Crippen molar-refractivity contribution in [2.75, 3.05) is 6.61 Å². The molecular weight excluding hydrogens is 458 g/mol. The van der Waals surface area contributed by atoms with Crippen LogP contribution in [0.3, 0.4) is 0 Å². The van der Waals surface area contributed by atoms with E-state index in [0.717, 1.165) is 29.8 Å². The summed E-state index contributed by atoms with van der Waals surface area (Å²) in [6.07, 6.45) is 0.350. The maximum absolute atomic E-state index is 11.2. The van der Waals surface area contributed by atoms with E-state index in [2.05, 4.69) is 15.1 Å². The summed E-state index contributed by atoms with van der Waals surface area (Å²) in [4.78, 5) is 9.17. The van der Waals surface area contributed by atoms with E-state index >= 15 is 0 Å². The Balaban J connectivity index is 1.31. The normalized spacial score (nSPS) is 31.3. The molecule has 2 aliphatic heterocycles. The van der Waals surface area contributed by atoms with Crippen molar-refractivity contribution < 1.29 is 19.3 Å². The molecule has 9 nitrogen and oxygen atoms in total. The zero-order valence-electron chi connectivity index (χ0n) is 18.6. The van der Waals surface area contributed by atoms with E-state index in [-0.39, 0.29) is 6.61 Å². The quantitative estimate of drug-likeness (QED) is 0.581. The van der Waals surface area contributed by atoms with Crippen molar-refractivity contribution in [2.45, 2.75) is 62.4 Å². The fourth-order valence-corrected chi connectivity index (χ4v) is 4.89. The zero-order valence-corrected chi connectivity index (χ0v) is 19.4. The number of nitrogens with zero attached hydrogens (tertiary/aromatic N) is 4. The minimum Gasteiger partial charge on any atom is -0.388 e. The standard InChI is InChI=1S/C24H26ClN5O4/c1-12-28-23(30(29-12)16-9-15(25)10-27-19(16)13-7-8-13)22-20(31)18(26)21-17(33-22)11-32-24(34-21)14-5-3-2-4-6-14/h2-6,9-10,13,17-18,20-22,24,31H,7-8,11,26H2,1H3/t17-,18-,20-,21+,22-,24?/m1/s1. The third kappa shape index (κ3) is 3.92. The molecule has 0 spiro atoms. The molecule has 1 aromatic carbocycles. The Labute approximate surface area is 201 Å². The summed E-state index contributed by atoms with van der Waals surface area (Å²) >= 11 is 6.29. The minimum absolute atomic E-state index is 0.278. The van der Waals surface area contributed by atoms with Crippen LogP contribution in [0.5, 0.6) is 0 Å². The van der Waals surface area contributed by atoms with Crippen LogP contribution in [-0.2, 0) is 14.2 Å². The first-order valence-electron chi connectivity index (χ1n) is 11.5. The lowest BCUT2D eigenvalue weighted by Gasteiger charge is -2.46. The van der Waals surface area contributed by atoms with E-state index in [4.69, 9.17) is 31.5 Å². The predicted octanol–water partition coefficient (Wildman–Crippen LogP) is 2.74. The highest BCUT2D eigenvalue weighted by atomic mass is 35.5. The van der Waals surface area contributed by atoms with Gasteiger partial charge in [0.1, 0.15) is 30.2 Å².